The third kappa shape index (κ3) is 5.75. The molecule has 3 aromatic rings. The second-order valence-corrected chi connectivity index (χ2v) is 7.34. The van der Waals surface area contributed by atoms with E-state index in [0.717, 1.165) is 42.9 Å². The first-order chi connectivity index (χ1) is 15.8. The Bertz CT molecular complexity index is 1110. The topological polar surface area (TPSA) is 92.3 Å². The number of carbonyl (C=O) groups excluding carboxylic acids is 1. The zero-order valence-electron chi connectivity index (χ0n) is 17.7. The highest BCUT2D eigenvalue weighted by Crippen LogP contribution is 2.27. The Kier molecular flexibility index (Phi) is 6.40. The minimum atomic E-state index is -4.55. The Balaban J connectivity index is 1.40. The number of alkyl halides is 3. The number of carbonyl (C=O) groups is 1. The summed E-state index contributed by atoms with van der Waals surface area (Å²) in [6.07, 6.45) is -3.65. The number of pyridine rings is 1. The molecule has 0 atom stereocenters. The van der Waals surface area contributed by atoms with Crippen molar-refractivity contribution in [2.75, 3.05) is 41.8 Å². The van der Waals surface area contributed by atoms with Crippen LogP contribution in [0.4, 0.5) is 36.2 Å². The number of nitrogens with zero attached hydrogens (tertiary/aromatic N) is 4. The standard InChI is InChI=1S/C22H21F3N6O2/c1-14-27-19(12-20(28-14)31-8-10-33-11-9-31)29-16-3-5-17(6-4-16)30-21(32)15-2-7-18(26-13-15)22(23,24)25/h2-7,12-13H,8-11H2,1H3,(H,30,32)(H,27,28,29). The van der Waals surface area contributed by atoms with Crippen LogP contribution in [0.1, 0.15) is 21.9 Å². The summed E-state index contributed by atoms with van der Waals surface area (Å²) in [6, 6.07) is 10.6. The van der Waals surface area contributed by atoms with E-state index in [1.807, 2.05) is 13.0 Å². The lowest BCUT2D eigenvalue weighted by molar-refractivity contribution is -0.141. The Morgan fingerprint density at radius 1 is 1.03 bits per heavy atom. The summed E-state index contributed by atoms with van der Waals surface area (Å²) in [5.41, 5.74) is 0.206. The van der Waals surface area contributed by atoms with E-state index in [-0.39, 0.29) is 5.56 Å². The van der Waals surface area contributed by atoms with Crippen molar-refractivity contribution in [1.82, 2.24) is 15.0 Å². The minimum Gasteiger partial charge on any atom is -0.378 e. The fourth-order valence-corrected chi connectivity index (χ4v) is 3.25. The number of halogens is 3. The number of benzene rings is 1. The number of rotatable bonds is 5. The molecule has 0 aliphatic carbocycles. The van der Waals surface area contributed by atoms with Gasteiger partial charge in [-0.25, -0.2) is 9.97 Å². The lowest BCUT2D eigenvalue weighted by atomic mass is 10.2. The molecular weight excluding hydrogens is 437 g/mol. The van der Waals surface area contributed by atoms with Crippen LogP contribution in [0.5, 0.6) is 0 Å². The third-order valence-electron chi connectivity index (χ3n) is 4.89. The lowest BCUT2D eigenvalue weighted by Gasteiger charge is -2.28. The predicted octanol–water partition coefficient (Wildman–Crippen LogP) is 4.03. The van der Waals surface area contributed by atoms with Gasteiger partial charge >= 0.3 is 6.18 Å². The van der Waals surface area contributed by atoms with E-state index in [0.29, 0.717) is 30.5 Å². The van der Waals surface area contributed by atoms with Gasteiger partial charge in [-0.1, -0.05) is 0 Å². The van der Waals surface area contributed by atoms with Gasteiger partial charge in [-0.15, -0.1) is 0 Å². The smallest absolute Gasteiger partial charge is 0.378 e. The van der Waals surface area contributed by atoms with E-state index in [9.17, 15) is 18.0 Å². The van der Waals surface area contributed by atoms with Gasteiger partial charge in [0.25, 0.3) is 5.91 Å². The molecule has 2 aromatic heterocycles. The van der Waals surface area contributed by atoms with Crippen LogP contribution in [-0.2, 0) is 10.9 Å². The number of hydrogen-bond donors (Lipinski definition) is 2. The first-order valence-corrected chi connectivity index (χ1v) is 10.2. The monoisotopic (exact) mass is 458 g/mol. The number of aromatic nitrogens is 3. The molecule has 1 aliphatic rings. The summed E-state index contributed by atoms with van der Waals surface area (Å²) in [6.45, 7) is 4.66. The van der Waals surface area contributed by atoms with Crippen LogP contribution < -0.4 is 15.5 Å². The second-order valence-electron chi connectivity index (χ2n) is 7.34. The maximum Gasteiger partial charge on any atom is 0.433 e. The van der Waals surface area contributed by atoms with E-state index in [1.165, 1.54) is 0 Å². The quantitative estimate of drug-likeness (QED) is 0.596. The van der Waals surface area contributed by atoms with Crippen molar-refractivity contribution >= 4 is 28.9 Å². The van der Waals surface area contributed by atoms with Gasteiger partial charge in [0, 0.05) is 36.7 Å². The SMILES string of the molecule is Cc1nc(Nc2ccc(NC(=O)c3ccc(C(F)(F)F)nc3)cc2)cc(N2CCOCC2)n1. The van der Waals surface area contributed by atoms with Crippen LogP contribution in [0, 0.1) is 6.92 Å². The predicted molar refractivity (Wildman–Crippen MR) is 117 cm³/mol. The van der Waals surface area contributed by atoms with Gasteiger partial charge in [-0.3, -0.25) is 9.78 Å². The van der Waals surface area contributed by atoms with E-state index in [1.54, 1.807) is 24.3 Å². The van der Waals surface area contributed by atoms with E-state index in [2.05, 4.69) is 30.5 Å². The molecule has 33 heavy (non-hydrogen) atoms. The van der Waals surface area contributed by atoms with Gasteiger partial charge in [0.1, 0.15) is 23.2 Å². The number of nitrogens with one attached hydrogen (secondary N) is 2. The average Bonchev–Trinajstić information content (AvgIpc) is 2.80. The van der Waals surface area contributed by atoms with Crippen molar-refractivity contribution in [3.63, 3.8) is 0 Å². The summed E-state index contributed by atoms with van der Waals surface area (Å²) in [5, 5.41) is 5.86. The molecule has 1 fully saturated rings. The minimum absolute atomic E-state index is 0.0253. The first kappa shape index (κ1) is 22.5. The maximum absolute atomic E-state index is 12.6. The molecule has 0 spiro atoms. The Morgan fingerprint density at radius 2 is 1.73 bits per heavy atom. The van der Waals surface area contributed by atoms with Crippen molar-refractivity contribution in [2.24, 2.45) is 0 Å². The van der Waals surface area contributed by atoms with E-state index in [4.69, 9.17) is 4.74 Å². The van der Waals surface area contributed by atoms with Gasteiger partial charge in [0.2, 0.25) is 0 Å². The number of anilines is 4. The molecule has 0 saturated carbocycles. The van der Waals surface area contributed by atoms with Crippen LogP contribution in [-0.4, -0.2) is 47.2 Å². The highest BCUT2D eigenvalue weighted by molar-refractivity contribution is 6.04. The molecule has 3 heterocycles. The van der Waals surface area contributed by atoms with E-state index < -0.39 is 17.8 Å². The van der Waals surface area contributed by atoms with E-state index >= 15 is 0 Å². The zero-order valence-corrected chi connectivity index (χ0v) is 17.7. The Hall–Kier alpha value is -3.73. The Labute approximate surface area is 187 Å². The molecule has 4 rings (SSSR count). The molecule has 2 N–H and O–H groups in total. The molecule has 0 unspecified atom stereocenters. The summed E-state index contributed by atoms with van der Waals surface area (Å²) >= 11 is 0. The molecular formula is C22H21F3N6O2. The van der Waals surface area contributed by atoms with Crippen molar-refractivity contribution in [1.29, 1.82) is 0 Å². The van der Waals surface area contributed by atoms with Crippen molar-refractivity contribution in [3.8, 4) is 0 Å². The molecule has 1 saturated heterocycles. The second kappa shape index (κ2) is 9.41. The number of amides is 1. The van der Waals surface area contributed by atoms with Gasteiger partial charge in [-0.05, 0) is 43.3 Å². The average molecular weight is 458 g/mol. The summed E-state index contributed by atoms with van der Waals surface area (Å²) in [4.78, 5) is 26.7. The summed E-state index contributed by atoms with van der Waals surface area (Å²) in [7, 11) is 0. The first-order valence-electron chi connectivity index (χ1n) is 10.2. The number of hydrogen-bond acceptors (Lipinski definition) is 7. The fraction of sp³-hybridized carbons (Fsp3) is 0.273. The van der Waals surface area contributed by atoms with Gasteiger partial charge in [-0.2, -0.15) is 13.2 Å². The van der Waals surface area contributed by atoms with Crippen molar-refractivity contribution in [2.45, 2.75) is 13.1 Å². The molecule has 0 bridgehead atoms. The third-order valence-corrected chi connectivity index (χ3v) is 4.89. The zero-order chi connectivity index (χ0) is 23.4. The summed E-state index contributed by atoms with van der Waals surface area (Å²) < 4.78 is 43.2. The molecule has 1 aliphatic heterocycles. The highest BCUT2D eigenvalue weighted by atomic mass is 19.4. The molecule has 172 valence electrons. The molecule has 1 aromatic carbocycles. The van der Waals surface area contributed by atoms with Gasteiger partial charge < -0.3 is 20.3 Å². The van der Waals surface area contributed by atoms with Crippen LogP contribution in [0.25, 0.3) is 0 Å². The largest absolute Gasteiger partial charge is 0.433 e. The summed E-state index contributed by atoms with van der Waals surface area (Å²) in [5.74, 6) is 1.54. The van der Waals surface area contributed by atoms with Crippen LogP contribution in [0.15, 0.2) is 48.7 Å². The van der Waals surface area contributed by atoms with Crippen LogP contribution >= 0.6 is 0 Å². The van der Waals surface area contributed by atoms with Crippen molar-refractivity contribution < 1.29 is 22.7 Å². The highest BCUT2D eigenvalue weighted by Gasteiger charge is 2.32. The maximum atomic E-state index is 12.6. The van der Waals surface area contributed by atoms with Gasteiger partial charge in [0.15, 0.2) is 0 Å². The van der Waals surface area contributed by atoms with Gasteiger partial charge in [0.05, 0.1) is 18.8 Å². The number of morpholine rings is 1. The van der Waals surface area contributed by atoms with Crippen LogP contribution in [0.2, 0.25) is 0 Å². The molecule has 11 heteroatoms. The number of aryl methyl sites for hydroxylation is 1. The molecule has 8 nitrogen and oxygen atoms in total. The molecule has 1 amide bonds. The number of ether oxygens (including phenoxy) is 1. The normalized spacial score (nSPS) is 14.1. The Morgan fingerprint density at radius 3 is 2.36 bits per heavy atom. The van der Waals surface area contributed by atoms with Crippen LogP contribution in [0.3, 0.4) is 0 Å². The lowest BCUT2D eigenvalue weighted by Crippen LogP contribution is -2.36. The molecule has 0 radical (unpaired) electrons. The van der Waals surface area contributed by atoms with Crippen molar-refractivity contribution in [3.05, 3.63) is 65.7 Å². The fourth-order valence-electron chi connectivity index (χ4n) is 3.25.